The van der Waals surface area contributed by atoms with Gasteiger partial charge in [-0.15, -0.1) is 0 Å². The van der Waals surface area contributed by atoms with Gasteiger partial charge < -0.3 is 11.1 Å². The molecule has 3 aromatic rings. The highest BCUT2D eigenvalue weighted by Gasteiger charge is 2.05. The summed E-state index contributed by atoms with van der Waals surface area (Å²) in [4.78, 5) is 17.3. The van der Waals surface area contributed by atoms with Crippen LogP contribution in [0.2, 0.25) is 0 Å². The molecule has 0 spiro atoms. The fourth-order valence-electron chi connectivity index (χ4n) is 2.16. The van der Waals surface area contributed by atoms with Crippen LogP contribution in [-0.4, -0.2) is 22.6 Å². The lowest BCUT2D eigenvalue weighted by molar-refractivity contribution is -0.106. The summed E-state index contributed by atoms with van der Waals surface area (Å²) in [6, 6.07) is 14.4. The molecule has 0 fully saturated rings. The van der Waals surface area contributed by atoms with E-state index >= 15 is 0 Å². The van der Waals surface area contributed by atoms with E-state index in [0.717, 1.165) is 32.6 Å². The second-order valence-corrected chi connectivity index (χ2v) is 6.56. The Morgan fingerprint density at radius 2 is 2.04 bits per heavy atom. The van der Waals surface area contributed by atoms with Gasteiger partial charge in [-0.25, -0.2) is 9.97 Å². The zero-order valence-electron chi connectivity index (χ0n) is 13.1. The number of nitrogens with one attached hydrogen (secondary N) is 1. The van der Waals surface area contributed by atoms with Gasteiger partial charge in [0, 0.05) is 21.3 Å². The largest absolute Gasteiger partial charge is 0.372 e. The summed E-state index contributed by atoms with van der Waals surface area (Å²) >= 11 is 5.29. The SMILES string of the molecule is CSCc1ccc2ncnc(Nc3cccc(Br)c3)c2c1.NC=O. The number of nitrogens with zero attached hydrogens (tertiary/aromatic N) is 2. The van der Waals surface area contributed by atoms with Crippen LogP contribution in [0.4, 0.5) is 11.5 Å². The topological polar surface area (TPSA) is 80.9 Å². The summed E-state index contributed by atoms with van der Waals surface area (Å²) in [5.41, 5.74) is 7.40. The molecule has 0 aliphatic heterocycles. The number of nitrogens with two attached hydrogens (primary N) is 1. The van der Waals surface area contributed by atoms with Crippen molar-refractivity contribution >= 4 is 56.5 Å². The molecule has 0 radical (unpaired) electrons. The lowest BCUT2D eigenvalue weighted by atomic mass is 10.1. The van der Waals surface area contributed by atoms with Crippen molar-refractivity contribution in [2.45, 2.75) is 5.75 Å². The minimum absolute atomic E-state index is 0.250. The lowest BCUT2D eigenvalue weighted by Crippen LogP contribution is -1.96. The van der Waals surface area contributed by atoms with Crippen molar-refractivity contribution in [3.63, 3.8) is 0 Å². The maximum absolute atomic E-state index is 8.58. The number of primary amides is 1. The minimum Gasteiger partial charge on any atom is -0.372 e. The average molecular weight is 405 g/mol. The Kier molecular flexibility index (Phi) is 7.02. The Balaban J connectivity index is 0.000000647. The smallest absolute Gasteiger partial charge is 0.204 e. The summed E-state index contributed by atoms with van der Waals surface area (Å²) in [5.74, 6) is 1.82. The number of hydrogen-bond donors (Lipinski definition) is 2. The summed E-state index contributed by atoms with van der Waals surface area (Å²) in [6.45, 7) is 0. The predicted octanol–water partition coefficient (Wildman–Crippen LogP) is 4.10. The summed E-state index contributed by atoms with van der Waals surface area (Å²) < 4.78 is 1.04. The van der Waals surface area contributed by atoms with Gasteiger partial charge in [0.25, 0.3) is 0 Å². The molecule has 0 saturated heterocycles. The molecule has 3 rings (SSSR count). The van der Waals surface area contributed by atoms with Crippen molar-refractivity contribution in [3.8, 4) is 0 Å². The number of aromatic nitrogens is 2. The Labute approximate surface area is 153 Å². The molecule has 0 aliphatic carbocycles. The van der Waals surface area contributed by atoms with Crippen LogP contribution >= 0.6 is 27.7 Å². The molecule has 0 atom stereocenters. The summed E-state index contributed by atoms with van der Waals surface area (Å²) in [6.07, 6.45) is 3.95. The van der Waals surface area contributed by atoms with E-state index in [1.54, 1.807) is 6.33 Å². The van der Waals surface area contributed by atoms with Gasteiger partial charge in [-0.05, 0) is 42.2 Å². The van der Waals surface area contributed by atoms with Crippen molar-refractivity contribution < 1.29 is 4.79 Å². The number of amides is 1. The first kappa shape index (κ1) is 18.2. The Morgan fingerprint density at radius 1 is 1.25 bits per heavy atom. The van der Waals surface area contributed by atoms with Crippen LogP contribution in [0.15, 0.2) is 53.3 Å². The molecular weight excluding hydrogens is 388 g/mol. The average Bonchev–Trinajstić information content (AvgIpc) is 2.56. The van der Waals surface area contributed by atoms with Crippen LogP contribution in [0.3, 0.4) is 0 Å². The lowest BCUT2D eigenvalue weighted by Gasteiger charge is -2.09. The molecule has 124 valence electrons. The second-order valence-electron chi connectivity index (χ2n) is 4.78. The van der Waals surface area contributed by atoms with Gasteiger partial charge in [0.15, 0.2) is 0 Å². The third kappa shape index (κ3) is 4.94. The Bertz CT molecular complexity index is 829. The van der Waals surface area contributed by atoms with E-state index in [0.29, 0.717) is 0 Å². The predicted molar refractivity (Wildman–Crippen MR) is 104 cm³/mol. The number of rotatable bonds is 4. The number of benzene rings is 2. The molecule has 0 aliphatic rings. The van der Waals surface area contributed by atoms with Gasteiger partial charge in [-0.3, -0.25) is 4.79 Å². The zero-order chi connectivity index (χ0) is 17.4. The first-order valence-electron chi connectivity index (χ1n) is 7.08. The van der Waals surface area contributed by atoms with Crippen molar-refractivity contribution in [3.05, 3.63) is 58.8 Å². The highest BCUT2D eigenvalue weighted by Crippen LogP contribution is 2.26. The summed E-state index contributed by atoms with van der Waals surface area (Å²) in [5, 5.41) is 4.41. The standard InChI is InChI=1S/C16H14BrN3S.CH3NO/c1-21-9-11-5-6-15-14(7-11)16(19-10-18-15)20-13-4-2-3-12(17)8-13;2-1-3/h2-8,10H,9H2,1H3,(H,18,19,20);1H,(H2,2,3). The van der Waals surface area contributed by atoms with Crippen LogP contribution in [0.1, 0.15) is 5.56 Å². The normalized spacial score (nSPS) is 9.92. The van der Waals surface area contributed by atoms with Crippen LogP contribution in [0, 0.1) is 0 Å². The van der Waals surface area contributed by atoms with Crippen LogP contribution in [0.5, 0.6) is 0 Å². The van der Waals surface area contributed by atoms with Gasteiger partial charge >= 0.3 is 0 Å². The maximum Gasteiger partial charge on any atom is 0.204 e. The third-order valence-electron chi connectivity index (χ3n) is 3.10. The highest BCUT2D eigenvalue weighted by atomic mass is 79.9. The molecular formula is C17H17BrN4OS. The number of halogens is 1. The van der Waals surface area contributed by atoms with Gasteiger partial charge in [-0.2, -0.15) is 11.8 Å². The van der Waals surface area contributed by atoms with E-state index in [2.05, 4.69) is 61.4 Å². The number of anilines is 2. The molecule has 7 heteroatoms. The zero-order valence-corrected chi connectivity index (χ0v) is 15.5. The molecule has 0 saturated carbocycles. The number of carbonyl (C=O) groups excluding carboxylic acids is 1. The van der Waals surface area contributed by atoms with Crippen molar-refractivity contribution in [2.75, 3.05) is 11.6 Å². The number of carbonyl (C=O) groups is 1. The molecule has 1 amide bonds. The third-order valence-corrected chi connectivity index (χ3v) is 4.21. The van der Waals surface area contributed by atoms with E-state index in [9.17, 15) is 0 Å². The molecule has 3 N–H and O–H groups in total. The van der Waals surface area contributed by atoms with Gasteiger partial charge in [0.2, 0.25) is 6.41 Å². The minimum atomic E-state index is 0.250. The Morgan fingerprint density at radius 3 is 2.75 bits per heavy atom. The monoisotopic (exact) mass is 404 g/mol. The first-order valence-corrected chi connectivity index (χ1v) is 9.27. The van der Waals surface area contributed by atoms with Gasteiger partial charge in [-0.1, -0.05) is 28.1 Å². The van der Waals surface area contributed by atoms with E-state index in [4.69, 9.17) is 4.79 Å². The Hall–Kier alpha value is -2.12. The van der Waals surface area contributed by atoms with E-state index in [1.165, 1.54) is 5.56 Å². The second kappa shape index (κ2) is 9.24. The fraction of sp³-hybridized carbons (Fsp3) is 0.118. The molecule has 1 heterocycles. The quantitative estimate of drug-likeness (QED) is 0.639. The number of hydrogen-bond acceptors (Lipinski definition) is 5. The fourth-order valence-corrected chi connectivity index (χ4v) is 3.07. The molecule has 24 heavy (non-hydrogen) atoms. The van der Waals surface area contributed by atoms with Crippen molar-refractivity contribution in [1.29, 1.82) is 0 Å². The van der Waals surface area contributed by atoms with Gasteiger partial charge in [0.05, 0.1) is 5.52 Å². The van der Waals surface area contributed by atoms with E-state index < -0.39 is 0 Å². The molecule has 1 aromatic heterocycles. The molecule has 0 unspecified atom stereocenters. The van der Waals surface area contributed by atoms with Crippen molar-refractivity contribution in [2.24, 2.45) is 5.73 Å². The molecule has 5 nitrogen and oxygen atoms in total. The summed E-state index contributed by atoms with van der Waals surface area (Å²) in [7, 11) is 0. The number of thioether (sulfide) groups is 1. The molecule has 0 bridgehead atoms. The first-order chi connectivity index (χ1) is 11.7. The van der Waals surface area contributed by atoms with Crippen LogP contribution in [-0.2, 0) is 10.5 Å². The molecule has 2 aromatic carbocycles. The van der Waals surface area contributed by atoms with Crippen LogP contribution in [0.25, 0.3) is 10.9 Å². The van der Waals surface area contributed by atoms with Crippen LogP contribution < -0.4 is 11.1 Å². The number of fused-ring (bicyclic) bond motifs is 1. The maximum atomic E-state index is 8.58. The highest BCUT2D eigenvalue weighted by molar-refractivity contribution is 9.10. The van der Waals surface area contributed by atoms with Crippen molar-refractivity contribution in [1.82, 2.24) is 9.97 Å². The van der Waals surface area contributed by atoms with Gasteiger partial charge in [0.1, 0.15) is 12.1 Å². The van der Waals surface area contributed by atoms with E-state index in [1.807, 2.05) is 36.0 Å². The van der Waals surface area contributed by atoms with E-state index in [-0.39, 0.29) is 6.41 Å².